The molecule has 1 heterocycles. The average Bonchev–Trinajstić information content (AvgIpc) is 3.02. The van der Waals surface area contributed by atoms with Gasteiger partial charge in [-0.25, -0.2) is 13.6 Å². The first-order valence-corrected chi connectivity index (χ1v) is 9.14. The SMILES string of the molecule is NS(=O)(=O)c1ccc2c(c1)CCN2C(=O)COc1ccc([N+](=O)[O-])cc1. The fraction of sp³-hybridized carbons (Fsp3) is 0.188. The van der Waals surface area contributed by atoms with Gasteiger partial charge in [0.05, 0.1) is 9.82 Å². The number of rotatable bonds is 5. The van der Waals surface area contributed by atoms with Gasteiger partial charge < -0.3 is 9.64 Å². The Labute approximate surface area is 149 Å². The molecule has 0 radical (unpaired) electrons. The molecular formula is C16H15N3O6S. The quantitative estimate of drug-likeness (QED) is 0.615. The number of nitro groups is 1. The van der Waals surface area contributed by atoms with Crippen LogP contribution in [0.2, 0.25) is 0 Å². The van der Waals surface area contributed by atoms with Gasteiger partial charge in [-0.05, 0) is 42.3 Å². The first-order valence-electron chi connectivity index (χ1n) is 7.59. The molecule has 2 aromatic carbocycles. The number of nitro benzene ring substituents is 1. The monoisotopic (exact) mass is 377 g/mol. The van der Waals surface area contributed by atoms with Crippen LogP contribution in [0.25, 0.3) is 0 Å². The molecule has 0 saturated carbocycles. The van der Waals surface area contributed by atoms with E-state index in [0.29, 0.717) is 24.4 Å². The molecule has 136 valence electrons. The summed E-state index contributed by atoms with van der Waals surface area (Å²) in [4.78, 5) is 24.0. The maximum atomic E-state index is 12.4. The van der Waals surface area contributed by atoms with Crippen molar-refractivity contribution in [2.24, 2.45) is 5.14 Å². The van der Waals surface area contributed by atoms with Gasteiger partial charge in [-0.15, -0.1) is 0 Å². The van der Waals surface area contributed by atoms with E-state index < -0.39 is 14.9 Å². The van der Waals surface area contributed by atoms with Crippen molar-refractivity contribution in [1.82, 2.24) is 0 Å². The molecule has 0 fully saturated rings. The highest BCUT2D eigenvalue weighted by atomic mass is 32.2. The van der Waals surface area contributed by atoms with Gasteiger partial charge in [-0.2, -0.15) is 0 Å². The van der Waals surface area contributed by atoms with E-state index >= 15 is 0 Å². The zero-order valence-corrected chi connectivity index (χ0v) is 14.3. The summed E-state index contributed by atoms with van der Waals surface area (Å²) in [5.74, 6) is 0.0402. The van der Waals surface area contributed by atoms with Crippen LogP contribution in [0.3, 0.4) is 0 Å². The van der Waals surface area contributed by atoms with Gasteiger partial charge in [0.1, 0.15) is 5.75 Å². The molecule has 2 aromatic rings. The summed E-state index contributed by atoms with van der Waals surface area (Å²) in [6.07, 6.45) is 0.516. The lowest BCUT2D eigenvalue weighted by Crippen LogP contribution is -2.33. The van der Waals surface area contributed by atoms with Gasteiger partial charge in [-0.1, -0.05) is 0 Å². The van der Waals surface area contributed by atoms with E-state index in [1.807, 2.05) is 0 Å². The third-order valence-electron chi connectivity index (χ3n) is 3.99. The largest absolute Gasteiger partial charge is 0.484 e. The third kappa shape index (κ3) is 3.65. The second-order valence-electron chi connectivity index (χ2n) is 5.67. The lowest BCUT2D eigenvalue weighted by molar-refractivity contribution is -0.384. The second-order valence-corrected chi connectivity index (χ2v) is 7.23. The van der Waals surface area contributed by atoms with Gasteiger partial charge in [-0.3, -0.25) is 14.9 Å². The number of carbonyl (C=O) groups is 1. The van der Waals surface area contributed by atoms with Crippen molar-refractivity contribution >= 4 is 27.3 Å². The molecule has 9 nitrogen and oxygen atoms in total. The molecule has 0 aliphatic carbocycles. The van der Waals surface area contributed by atoms with Crippen LogP contribution in [0.1, 0.15) is 5.56 Å². The number of sulfonamides is 1. The second kappa shape index (κ2) is 6.73. The number of nitrogens with zero attached hydrogens (tertiary/aromatic N) is 2. The fourth-order valence-corrected chi connectivity index (χ4v) is 3.27. The average molecular weight is 377 g/mol. The maximum absolute atomic E-state index is 12.4. The first kappa shape index (κ1) is 17.8. The highest BCUT2D eigenvalue weighted by molar-refractivity contribution is 7.89. The van der Waals surface area contributed by atoms with Crippen molar-refractivity contribution in [3.8, 4) is 5.75 Å². The van der Waals surface area contributed by atoms with E-state index in [4.69, 9.17) is 9.88 Å². The number of non-ortho nitro benzene ring substituents is 1. The van der Waals surface area contributed by atoms with Crippen LogP contribution in [0.15, 0.2) is 47.4 Å². The molecule has 0 bridgehead atoms. The van der Waals surface area contributed by atoms with Crippen LogP contribution in [0.5, 0.6) is 5.75 Å². The molecule has 0 aromatic heterocycles. The smallest absolute Gasteiger partial charge is 0.269 e. The zero-order valence-electron chi connectivity index (χ0n) is 13.5. The van der Waals surface area contributed by atoms with E-state index in [1.54, 1.807) is 6.07 Å². The fourth-order valence-electron chi connectivity index (χ4n) is 2.70. The Morgan fingerprint density at radius 2 is 1.92 bits per heavy atom. The van der Waals surface area contributed by atoms with Crippen LogP contribution in [-0.2, 0) is 21.2 Å². The number of nitrogens with two attached hydrogens (primary N) is 1. The summed E-state index contributed by atoms with van der Waals surface area (Å²) in [6, 6.07) is 9.79. The van der Waals surface area contributed by atoms with Crippen LogP contribution in [0.4, 0.5) is 11.4 Å². The van der Waals surface area contributed by atoms with Crippen LogP contribution < -0.4 is 14.8 Å². The van der Waals surface area contributed by atoms with Crippen molar-refractivity contribution < 1.29 is 22.9 Å². The number of benzene rings is 2. The van der Waals surface area contributed by atoms with E-state index in [-0.39, 0.29) is 23.1 Å². The molecule has 1 amide bonds. The summed E-state index contributed by atoms with van der Waals surface area (Å²) in [7, 11) is -3.79. The zero-order chi connectivity index (χ0) is 18.9. The number of carbonyl (C=O) groups excluding carboxylic acids is 1. The highest BCUT2D eigenvalue weighted by Crippen LogP contribution is 2.30. The molecule has 0 spiro atoms. The molecule has 0 atom stereocenters. The Balaban J connectivity index is 1.68. The molecule has 1 aliphatic heterocycles. The predicted octanol–water partition coefficient (Wildman–Crippen LogP) is 1.21. The van der Waals surface area contributed by atoms with Gasteiger partial charge >= 0.3 is 0 Å². The van der Waals surface area contributed by atoms with Gasteiger partial charge in [0.2, 0.25) is 10.0 Å². The van der Waals surface area contributed by atoms with Crippen LogP contribution in [0, 0.1) is 10.1 Å². The van der Waals surface area contributed by atoms with Crippen LogP contribution >= 0.6 is 0 Å². The topological polar surface area (TPSA) is 133 Å². The van der Waals surface area contributed by atoms with Crippen molar-refractivity contribution in [2.75, 3.05) is 18.1 Å². The van der Waals surface area contributed by atoms with Crippen molar-refractivity contribution in [3.63, 3.8) is 0 Å². The van der Waals surface area contributed by atoms with Crippen molar-refractivity contribution in [1.29, 1.82) is 0 Å². The van der Waals surface area contributed by atoms with E-state index in [0.717, 1.165) is 5.56 Å². The predicted molar refractivity (Wildman–Crippen MR) is 92.5 cm³/mol. The number of hydrogen-bond donors (Lipinski definition) is 1. The highest BCUT2D eigenvalue weighted by Gasteiger charge is 2.26. The van der Waals surface area contributed by atoms with Gasteiger partial charge in [0, 0.05) is 24.4 Å². The molecule has 3 rings (SSSR count). The number of primary sulfonamides is 1. The normalized spacial score (nSPS) is 13.3. The van der Waals surface area contributed by atoms with E-state index in [9.17, 15) is 23.3 Å². The minimum Gasteiger partial charge on any atom is -0.484 e. The lowest BCUT2D eigenvalue weighted by Gasteiger charge is -2.17. The number of amides is 1. The number of hydrogen-bond acceptors (Lipinski definition) is 6. The van der Waals surface area contributed by atoms with Gasteiger partial charge in [0.15, 0.2) is 6.61 Å². The first-order chi connectivity index (χ1) is 12.3. The lowest BCUT2D eigenvalue weighted by atomic mass is 10.2. The number of anilines is 1. The summed E-state index contributed by atoms with van der Waals surface area (Å²) >= 11 is 0. The Kier molecular flexibility index (Phi) is 4.62. The summed E-state index contributed by atoms with van der Waals surface area (Å²) in [6.45, 7) is 0.167. The molecule has 2 N–H and O–H groups in total. The van der Waals surface area contributed by atoms with E-state index in [2.05, 4.69) is 0 Å². The summed E-state index contributed by atoms with van der Waals surface area (Å²) < 4.78 is 28.2. The molecular weight excluding hydrogens is 362 g/mol. The Bertz CT molecular complexity index is 972. The summed E-state index contributed by atoms with van der Waals surface area (Å²) in [5, 5.41) is 15.7. The van der Waals surface area contributed by atoms with Crippen molar-refractivity contribution in [2.45, 2.75) is 11.3 Å². The minimum atomic E-state index is -3.79. The van der Waals surface area contributed by atoms with Crippen molar-refractivity contribution in [3.05, 3.63) is 58.1 Å². The molecule has 10 heteroatoms. The molecule has 0 unspecified atom stereocenters. The Morgan fingerprint density at radius 3 is 2.54 bits per heavy atom. The minimum absolute atomic E-state index is 0.00711. The molecule has 1 aliphatic rings. The number of ether oxygens (including phenoxy) is 1. The molecule has 26 heavy (non-hydrogen) atoms. The Hall–Kier alpha value is -2.98. The third-order valence-corrected chi connectivity index (χ3v) is 4.90. The van der Waals surface area contributed by atoms with Crippen LogP contribution in [-0.4, -0.2) is 32.4 Å². The molecule has 0 saturated heterocycles. The Morgan fingerprint density at radius 1 is 1.23 bits per heavy atom. The maximum Gasteiger partial charge on any atom is 0.269 e. The summed E-state index contributed by atoms with van der Waals surface area (Å²) in [5.41, 5.74) is 1.28. The standard InChI is InChI=1S/C16H15N3O6S/c17-26(23,24)14-5-6-15-11(9-14)7-8-18(15)16(20)10-25-13-3-1-12(2-4-13)19(21)22/h1-6,9H,7-8,10H2,(H2,17,23,24). The number of fused-ring (bicyclic) bond motifs is 1. The van der Waals surface area contributed by atoms with E-state index in [1.165, 1.54) is 41.3 Å². The van der Waals surface area contributed by atoms with Gasteiger partial charge in [0.25, 0.3) is 11.6 Å².